The van der Waals surface area contributed by atoms with Crippen LogP contribution in [0.3, 0.4) is 0 Å². The first-order chi connectivity index (χ1) is 13.8. The molecule has 4 heteroatoms. The van der Waals surface area contributed by atoms with Gasteiger partial charge in [-0.2, -0.15) is 0 Å². The van der Waals surface area contributed by atoms with Crippen LogP contribution >= 0.6 is 0 Å². The van der Waals surface area contributed by atoms with Crippen LogP contribution in [0.1, 0.15) is 64.9 Å². The first-order valence-corrected chi connectivity index (χ1v) is 11.6. The predicted octanol–water partition coefficient (Wildman–Crippen LogP) is 3.51. The molecule has 4 fully saturated rings. The second-order valence-electron chi connectivity index (χ2n) is 11.2. The van der Waals surface area contributed by atoms with E-state index in [-0.39, 0.29) is 5.41 Å². The largest absolute Gasteiger partial charge is 0.497 e. The van der Waals surface area contributed by atoms with Crippen LogP contribution in [0.25, 0.3) is 0 Å². The van der Waals surface area contributed by atoms with Crippen LogP contribution in [-0.4, -0.2) is 38.0 Å². The average molecular weight is 403 g/mol. The summed E-state index contributed by atoms with van der Waals surface area (Å²) in [5.74, 6) is 4.67. The zero-order valence-electron chi connectivity index (χ0n) is 18.7. The lowest BCUT2D eigenvalue weighted by Gasteiger charge is -2.56. The molecule has 4 bridgehead atoms. The van der Waals surface area contributed by atoms with Crippen LogP contribution in [-0.2, 0) is 5.41 Å². The van der Waals surface area contributed by atoms with E-state index in [1.165, 1.54) is 45.1 Å². The SMILES string of the molecule is COc1ccc(OC[C@H](O)C[NH2+]CC23CC4CC(CC(C4)C2)C3)c(C(C)(C)C)c1. The van der Waals surface area contributed by atoms with Crippen molar-refractivity contribution in [2.75, 3.05) is 26.8 Å². The number of rotatable bonds is 8. The molecule has 0 unspecified atom stereocenters. The summed E-state index contributed by atoms with van der Waals surface area (Å²) < 4.78 is 11.4. The van der Waals surface area contributed by atoms with E-state index in [0.29, 0.717) is 12.0 Å². The van der Waals surface area contributed by atoms with Crippen molar-refractivity contribution in [2.24, 2.45) is 23.2 Å². The van der Waals surface area contributed by atoms with Gasteiger partial charge >= 0.3 is 0 Å². The molecule has 0 radical (unpaired) electrons. The molecule has 1 aromatic rings. The Balaban J connectivity index is 1.27. The zero-order valence-corrected chi connectivity index (χ0v) is 18.7. The van der Waals surface area contributed by atoms with Crippen molar-refractivity contribution >= 4 is 0 Å². The number of nitrogens with two attached hydrogens (primary N) is 1. The third-order valence-electron chi connectivity index (χ3n) is 7.61. The summed E-state index contributed by atoms with van der Waals surface area (Å²) in [4.78, 5) is 0. The molecule has 0 saturated heterocycles. The van der Waals surface area contributed by atoms with Gasteiger partial charge in [-0.05, 0) is 79.9 Å². The van der Waals surface area contributed by atoms with Crippen molar-refractivity contribution in [1.29, 1.82) is 0 Å². The monoisotopic (exact) mass is 402 g/mol. The van der Waals surface area contributed by atoms with Crippen LogP contribution in [0.15, 0.2) is 18.2 Å². The lowest BCUT2D eigenvalue weighted by molar-refractivity contribution is -0.674. The van der Waals surface area contributed by atoms with Gasteiger partial charge in [0, 0.05) is 11.0 Å². The predicted molar refractivity (Wildman–Crippen MR) is 115 cm³/mol. The maximum Gasteiger partial charge on any atom is 0.137 e. The van der Waals surface area contributed by atoms with Crippen LogP contribution in [0.4, 0.5) is 0 Å². The summed E-state index contributed by atoms with van der Waals surface area (Å²) >= 11 is 0. The van der Waals surface area contributed by atoms with Gasteiger partial charge in [0.1, 0.15) is 30.8 Å². The molecule has 0 spiro atoms. The minimum atomic E-state index is -0.446. The highest BCUT2D eigenvalue weighted by molar-refractivity contribution is 5.44. The van der Waals surface area contributed by atoms with Crippen molar-refractivity contribution in [3.8, 4) is 11.5 Å². The minimum absolute atomic E-state index is 0.0422. The van der Waals surface area contributed by atoms with E-state index in [4.69, 9.17) is 9.47 Å². The topological polar surface area (TPSA) is 55.3 Å². The highest BCUT2D eigenvalue weighted by Gasteiger charge is 2.51. The van der Waals surface area contributed by atoms with Crippen molar-refractivity contribution in [3.63, 3.8) is 0 Å². The summed E-state index contributed by atoms with van der Waals surface area (Å²) in [5.41, 5.74) is 1.63. The zero-order chi connectivity index (χ0) is 20.6. The summed E-state index contributed by atoms with van der Waals surface area (Å²) in [5, 5.41) is 12.9. The van der Waals surface area contributed by atoms with Gasteiger partial charge in [-0.1, -0.05) is 20.8 Å². The van der Waals surface area contributed by atoms with Gasteiger partial charge < -0.3 is 19.9 Å². The normalized spacial score (nSPS) is 31.7. The summed E-state index contributed by atoms with van der Waals surface area (Å²) in [6.07, 6.45) is 8.34. The Labute approximate surface area is 176 Å². The van der Waals surface area contributed by atoms with Crippen molar-refractivity contribution < 1.29 is 19.9 Å². The van der Waals surface area contributed by atoms with Gasteiger partial charge in [0.15, 0.2) is 0 Å². The van der Waals surface area contributed by atoms with E-state index < -0.39 is 6.10 Å². The summed E-state index contributed by atoms with van der Waals surface area (Å²) in [6, 6.07) is 5.93. The number of benzene rings is 1. The quantitative estimate of drug-likeness (QED) is 0.700. The Hall–Kier alpha value is -1.26. The molecule has 1 atom stereocenters. The number of aliphatic hydroxyl groups is 1. The first kappa shape index (κ1) is 21.0. The number of quaternary nitrogens is 1. The molecule has 0 heterocycles. The average Bonchev–Trinajstić information content (AvgIpc) is 2.64. The fourth-order valence-electron chi connectivity index (χ4n) is 6.72. The molecule has 4 aliphatic rings. The fourth-order valence-corrected chi connectivity index (χ4v) is 6.72. The Bertz CT molecular complexity index is 673. The Kier molecular flexibility index (Phi) is 5.87. The van der Waals surface area contributed by atoms with E-state index in [1.54, 1.807) is 7.11 Å². The summed E-state index contributed by atoms with van der Waals surface area (Å²) in [7, 11) is 1.69. The molecule has 4 nitrogen and oxygen atoms in total. The molecule has 3 N–H and O–H groups in total. The molecule has 4 aliphatic carbocycles. The van der Waals surface area contributed by atoms with E-state index in [1.807, 2.05) is 18.2 Å². The molecular weight excluding hydrogens is 362 g/mol. The van der Waals surface area contributed by atoms with Crippen LogP contribution in [0.5, 0.6) is 11.5 Å². The Morgan fingerprint density at radius 3 is 2.28 bits per heavy atom. The van der Waals surface area contributed by atoms with Crippen LogP contribution in [0.2, 0.25) is 0 Å². The highest BCUT2D eigenvalue weighted by atomic mass is 16.5. The van der Waals surface area contributed by atoms with E-state index in [0.717, 1.165) is 41.4 Å². The third kappa shape index (κ3) is 4.74. The lowest BCUT2D eigenvalue weighted by atomic mass is 9.49. The molecule has 4 saturated carbocycles. The van der Waals surface area contributed by atoms with E-state index in [2.05, 4.69) is 26.1 Å². The first-order valence-electron chi connectivity index (χ1n) is 11.6. The van der Waals surface area contributed by atoms with Crippen LogP contribution in [0, 0.1) is 23.2 Å². The van der Waals surface area contributed by atoms with Gasteiger partial charge in [-0.15, -0.1) is 0 Å². The number of aliphatic hydroxyl groups excluding tert-OH is 1. The highest BCUT2D eigenvalue weighted by Crippen LogP contribution is 2.59. The molecule has 5 rings (SSSR count). The van der Waals surface area contributed by atoms with Gasteiger partial charge in [-0.25, -0.2) is 0 Å². The van der Waals surface area contributed by atoms with Crippen molar-refractivity contribution in [3.05, 3.63) is 23.8 Å². The third-order valence-corrected chi connectivity index (χ3v) is 7.61. The number of hydrogen-bond acceptors (Lipinski definition) is 3. The van der Waals surface area contributed by atoms with Crippen molar-refractivity contribution in [2.45, 2.75) is 70.8 Å². The molecule has 0 aromatic heterocycles. The fraction of sp³-hybridized carbons (Fsp3) is 0.760. The van der Waals surface area contributed by atoms with Gasteiger partial charge in [-0.3, -0.25) is 0 Å². The number of methoxy groups -OCH3 is 1. The number of ether oxygens (including phenoxy) is 2. The maximum atomic E-state index is 10.5. The molecular formula is C25H40NO3+. The molecule has 162 valence electrons. The molecule has 0 amide bonds. The van der Waals surface area contributed by atoms with E-state index in [9.17, 15) is 5.11 Å². The van der Waals surface area contributed by atoms with Gasteiger partial charge in [0.2, 0.25) is 0 Å². The smallest absolute Gasteiger partial charge is 0.137 e. The molecule has 29 heavy (non-hydrogen) atoms. The van der Waals surface area contributed by atoms with Crippen LogP contribution < -0.4 is 14.8 Å². The van der Waals surface area contributed by atoms with Gasteiger partial charge in [0.05, 0.1) is 13.7 Å². The molecule has 0 aliphatic heterocycles. The summed E-state index contributed by atoms with van der Waals surface area (Å²) in [6.45, 7) is 8.76. The second kappa shape index (κ2) is 8.11. The van der Waals surface area contributed by atoms with Crippen molar-refractivity contribution in [1.82, 2.24) is 0 Å². The Morgan fingerprint density at radius 1 is 1.10 bits per heavy atom. The second-order valence-corrected chi connectivity index (χ2v) is 11.2. The molecule has 1 aromatic carbocycles. The minimum Gasteiger partial charge on any atom is -0.497 e. The number of hydrogen-bond donors (Lipinski definition) is 2. The standard InChI is InChI=1S/C25H39NO3/c1-24(2,3)22-10-21(28-4)5-6-23(22)29-15-20(27)14-26-16-25-11-17-7-18(12-25)9-19(8-17)13-25/h5-6,10,17-20,26-27H,7-9,11-16H2,1-4H3/p+1/t17?,18?,19?,20-,25?/m1/s1. The maximum absolute atomic E-state index is 10.5. The Morgan fingerprint density at radius 2 is 1.72 bits per heavy atom. The lowest BCUT2D eigenvalue weighted by Crippen LogP contribution is -2.89. The van der Waals surface area contributed by atoms with E-state index >= 15 is 0 Å². The van der Waals surface area contributed by atoms with Gasteiger partial charge in [0.25, 0.3) is 0 Å².